The van der Waals surface area contributed by atoms with Crippen molar-refractivity contribution in [1.82, 2.24) is 9.97 Å². The molecule has 0 spiro atoms. The lowest BCUT2D eigenvalue weighted by Crippen LogP contribution is -2.22. The van der Waals surface area contributed by atoms with Crippen molar-refractivity contribution >= 4 is 73.9 Å². The average molecular weight is 427 g/mol. The Kier molecular flexibility index (Phi) is 5.62. The summed E-state index contributed by atoms with van der Waals surface area (Å²) in [5, 5.41) is 4.61. The van der Waals surface area contributed by atoms with Gasteiger partial charge < -0.3 is 11.1 Å². The summed E-state index contributed by atoms with van der Waals surface area (Å²) in [7, 11) is 0. The van der Waals surface area contributed by atoms with E-state index < -0.39 is 5.25 Å². The molecule has 0 aliphatic carbocycles. The molecule has 26 heavy (non-hydrogen) atoms. The van der Waals surface area contributed by atoms with Crippen LogP contribution in [0, 0.1) is 13.8 Å². The number of amides is 1. The first-order valence-corrected chi connectivity index (χ1v) is 10.2. The van der Waals surface area contributed by atoms with Crippen LogP contribution in [0.3, 0.4) is 0 Å². The van der Waals surface area contributed by atoms with E-state index in [4.69, 9.17) is 28.9 Å². The summed E-state index contributed by atoms with van der Waals surface area (Å²) in [6.45, 7) is 5.81. The summed E-state index contributed by atoms with van der Waals surface area (Å²) in [5.74, 6) is 0.229. The zero-order valence-corrected chi connectivity index (χ0v) is 17.4. The van der Waals surface area contributed by atoms with Gasteiger partial charge in [-0.1, -0.05) is 35.0 Å². The molecule has 3 N–H and O–H groups in total. The number of thioether (sulfide) groups is 1. The van der Waals surface area contributed by atoms with E-state index in [0.717, 1.165) is 20.7 Å². The third kappa shape index (κ3) is 3.91. The number of aryl methyl sites for hydroxylation is 2. The lowest BCUT2D eigenvalue weighted by atomic mass is 10.2. The molecule has 3 aromatic rings. The van der Waals surface area contributed by atoms with Gasteiger partial charge in [-0.05, 0) is 44.5 Å². The number of hydrogen-bond acceptors (Lipinski definition) is 6. The number of benzene rings is 1. The summed E-state index contributed by atoms with van der Waals surface area (Å²) < 4.78 is 0. The molecule has 0 radical (unpaired) electrons. The maximum absolute atomic E-state index is 12.5. The highest BCUT2D eigenvalue weighted by Crippen LogP contribution is 2.34. The topological polar surface area (TPSA) is 80.9 Å². The van der Waals surface area contributed by atoms with Gasteiger partial charge in [-0.25, -0.2) is 9.97 Å². The first-order chi connectivity index (χ1) is 12.3. The fourth-order valence-electron chi connectivity index (χ4n) is 2.35. The third-order valence-corrected chi connectivity index (χ3v) is 6.49. The number of nitrogens with one attached hydrogen (secondary N) is 1. The number of nitrogens with zero attached hydrogens (tertiary/aromatic N) is 2. The minimum Gasteiger partial charge on any atom is -0.383 e. The molecule has 0 fully saturated rings. The van der Waals surface area contributed by atoms with E-state index in [1.165, 1.54) is 11.8 Å². The Morgan fingerprint density at radius 1 is 1.31 bits per heavy atom. The van der Waals surface area contributed by atoms with Crippen molar-refractivity contribution in [3.63, 3.8) is 0 Å². The molecule has 0 saturated carbocycles. The number of nitrogens with two attached hydrogens (primary N) is 1. The number of anilines is 2. The fraction of sp³-hybridized carbons (Fsp3) is 0.235. The Morgan fingerprint density at radius 2 is 2.04 bits per heavy atom. The van der Waals surface area contributed by atoms with E-state index in [0.29, 0.717) is 26.7 Å². The second kappa shape index (κ2) is 7.60. The van der Waals surface area contributed by atoms with Gasteiger partial charge in [0.1, 0.15) is 10.6 Å². The monoisotopic (exact) mass is 426 g/mol. The zero-order valence-electron chi connectivity index (χ0n) is 14.3. The third-order valence-electron chi connectivity index (χ3n) is 3.88. The number of hydrogen-bond donors (Lipinski definition) is 2. The highest BCUT2D eigenvalue weighted by molar-refractivity contribution is 8.00. The molecule has 0 bridgehead atoms. The van der Waals surface area contributed by atoms with Crippen molar-refractivity contribution in [1.29, 1.82) is 0 Å². The van der Waals surface area contributed by atoms with Crippen LogP contribution in [0.2, 0.25) is 10.0 Å². The van der Waals surface area contributed by atoms with E-state index in [1.807, 2.05) is 13.8 Å². The van der Waals surface area contributed by atoms with Gasteiger partial charge in [0.25, 0.3) is 0 Å². The van der Waals surface area contributed by atoms with Crippen LogP contribution in [0.25, 0.3) is 10.2 Å². The van der Waals surface area contributed by atoms with Gasteiger partial charge in [-0.15, -0.1) is 11.3 Å². The Hall–Kier alpha value is -1.54. The van der Waals surface area contributed by atoms with Crippen LogP contribution in [-0.4, -0.2) is 21.1 Å². The standard InChI is InChI=1S/C17H16Cl2N4OS2/c1-7-8(2)25-16-13(7)14(20)22-17(23-16)26-9(3)15(24)21-12-5-4-10(18)6-11(12)19/h4-6,9H,1-3H3,(H,21,24)(H2,20,22,23)/t9-/m1/s1. The van der Waals surface area contributed by atoms with E-state index in [2.05, 4.69) is 15.3 Å². The Balaban J connectivity index is 1.77. The molecular weight excluding hydrogens is 411 g/mol. The Labute approximate surface area is 169 Å². The lowest BCUT2D eigenvalue weighted by molar-refractivity contribution is -0.115. The van der Waals surface area contributed by atoms with Gasteiger partial charge in [0, 0.05) is 9.90 Å². The van der Waals surface area contributed by atoms with Crippen LogP contribution in [0.4, 0.5) is 11.5 Å². The van der Waals surface area contributed by atoms with Crippen molar-refractivity contribution in [3.05, 3.63) is 38.7 Å². The number of fused-ring (bicyclic) bond motifs is 1. The van der Waals surface area contributed by atoms with Crippen molar-refractivity contribution in [2.75, 3.05) is 11.1 Å². The van der Waals surface area contributed by atoms with Gasteiger partial charge in [0.05, 0.1) is 21.3 Å². The Morgan fingerprint density at radius 3 is 2.73 bits per heavy atom. The molecule has 0 unspecified atom stereocenters. The molecule has 136 valence electrons. The van der Waals surface area contributed by atoms with Gasteiger partial charge in [-0.3, -0.25) is 4.79 Å². The van der Waals surface area contributed by atoms with Crippen LogP contribution in [0.1, 0.15) is 17.4 Å². The number of carbonyl (C=O) groups is 1. The molecule has 1 amide bonds. The molecule has 1 aromatic carbocycles. The van der Waals surface area contributed by atoms with Crippen LogP contribution in [0.5, 0.6) is 0 Å². The van der Waals surface area contributed by atoms with Gasteiger partial charge in [0.2, 0.25) is 5.91 Å². The van der Waals surface area contributed by atoms with Crippen LogP contribution >= 0.6 is 46.3 Å². The van der Waals surface area contributed by atoms with E-state index in [-0.39, 0.29) is 5.91 Å². The summed E-state index contributed by atoms with van der Waals surface area (Å²) >= 11 is 14.8. The fourth-order valence-corrected chi connectivity index (χ4v) is 4.68. The minimum atomic E-state index is -0.430. The van der Waals surface area contributed by atoms with Gasteiger partial charge in [0.15, 0.2) is 5.16 Å². The zero-order chi connectivity index (χ0) is 19.0. The number of rotatable bonds is 4. The van der Waals surface area contributed by atoms with Crippen LogP contribution < -0.4 is 11.1 Å². The smallest absolute Gasteiger partial charge is 0.237 e. The summed E-state index contributed by atoms with van der Waals surface area (Å²) in [6, 6.07) is 4.91. The van der Waals surface area contributed by atoms with E-state index in [9.17, 15) is 4.79 Å². The molecule has 0 aliphatic rings. The van der Waals surface area contributed by atoms with Gasteiger partial charge in [-0.2, -0.15) is 0 Å². The first-order valence-electron chi connectivity index (χ1n) is 7.72. The predicted octanol–water partition coefficient (Wildman–Crippen LogP) is 5.32. The summed E-state index contributed by atoms with van der Waals surface area (Å²) in [4.78, 5) is 23.3. The van der Waals surface area contributed by atoms with Crippen molar-refractivity contribution in [2.45, 2.75) is 31.2 Å². The second-order valence-corrected chi connectivity index (χ2v) is 9.08. The Bertz CT molecular complexity index is 1010. The molecule has 0 saturated heterocycles. The first kappa shape index (κ1) is 19.2. The highest BCUT2D eigenvalue weighted by atomic mass is 35.5. The van der Waals surface area contributed by atoms with Gasteiger partial charge >= 0.3 is 0 Å². The van der Waals surface area contributed by atoms with Crippen molar-refractivity contribution < 1.29 is 4.79 Å². The summed E-state index contributed by atoms with van der Waals surface area (Å²) in [6.07, 6.45) is 0. The van der Waals surface area contributed by atoms with Crippen molar-refractivity contribution in [3.8, 4) is 0 Å². The predicted molar refractivity (Wildman–Crippen MR) is 112 cm³/mol. The maximum Gasteiger partial charge on any atom is 0.237 e. The number of halogens is 2. The molecule has 2 heterocycles. The normalized spacial score (nSPS) is 12.3. The molecule has 5 nitrogen and oxygen atoms in total. The van der Waals surface area contributed by atoms with Crippen molar-refractivity contribution in [2.24, 2.45) is 0 Å². The number of aromatic nitrogens is 2. The van der Waals surface area contributed by atoms with Crippen LogP contribution in [0.15, 0.2) is 23.4 Å². The van der Waals surface area contributed by atoms with Crippen LogP contribution in [-0.2, 0) is 4.79 Å². The molecule has 1 atom stereocenters. The largest absolute Gasteiger partial charge is 0.383 e. The van der Waals surface area contributed by atoms with E-state index >= 15 is 0 Å². The SMILES string of the molecule is Cc1sc2nc(S[C@H](C)C(=O)Nc3ccc(Cl)cc3Cl)nc(N)c2c1C. The minimum absolute atomic E-state index is 0.208. The number of nitrogen functional groups attached to an aromatic ring is 1. The number of thiophene rings is 1. The molecule has 0 aliphatic heterocycles. The molecule has 9 heteroatoms. The highest BCUT2D eigenvalue weighted by Gasteiger charge is 2.19. The molecule has 3 rings (SSSR count). The number of carbonyl (C=O) groups excluding carboxylic acids is 1. The molecular formula is C17H16Cl2N4OS2. The summed E-state index contributed by atoms with van der Waals surface area (Å²) in [5.41, 5.74) is 7.70. The maximum atomic E-state index is 12.5. The quantitative estimate of drug-likeness (QED) is 0.435. The second-order valence-electron chi connectivity index (χ2n) is 5.73. The molecule has 2 aromatic heterocycles. The lowest BCUT2D eigenvalue weighted by Gasteiger charge is -2.12. The van der Waals surface area contributed by atoms with E-state index in [1.54, 1.807) is 36.5 Å². The average Bonchev–Trinajstić information content (AvgIpc) is 2.84.